The molecule has 1 fully saturated rings. The first kappa shape index (κ1) is 18.3. The first-order chi connectivity index (χ1) is 12.6. The number of carbonyl (C=O) groups excluding carboxylic acids is 1. The number of nitrogens with zero attached hydrogens (tertiary/aromatic N) is 2. The predicted octanol–water partition coefficient (Wildman–Crippen LogP) is 1.68. The van der Waals surface area contributed by atoms with Crippen LogP contribution in [0.3, 0.4) is 0 Å². The number of carbonyl (C=O) groups is 1. The molecule has 1 aromatic heterocycles. The van der Waals surface area contributed by atoms with Gasteiger partial charge in [0.05, 0.1) is 13.2 Å². The quantitative estimate of drug-likeness (QED) is 0.806. The van der Waals surface area contributed by atoms with Crippen molar-refractivity contribution < 1.29 is 18.8 Å². The van der Waals surface area contributed by atoms with Gasteiger partial charge in [0.2, 0.25) is 17.6 Å². The monoisotopic (exact) mass is 360 g/mol. The second kappa shape index (κ2) is 8.29. The molecule has 0 bridgehead atoms. The summed E-state index contributed by atoms with van der Waals surface area (Å²) < 4.78 is 15.8. The third-order valence-corrected chi connectivity index (χ3v) is 4.58. The Kier molecular flexibility index (Phi) is 5.85. The van der Waals surface area contributed by atoms with Crippen LogP contribution in [0.25, 0.3) is 11.4 Å². The zero-order valence-corrected chi connectivity index (χ0v) is 15.0. The molecule has 3 rings (SSSR count). The fraction of sp³-hybridized carbons (Fsp3) is 0.500. The van der Waals surface area contributed by atoms with E-state index in [1.807, 2.05) is 24.3 Å². The number of hydrogen-bond acceptors (Lipinski definition) is 7. The van der Waals surface area contributed by atoms with Crippen molar-refractivity contribution in [2.24, 2.45) is 11.7 Å². The molecule has 26 heavy (non-hydrogen) atoms. The second-order valence-corrected chi connectivity index (χ2v) is 6.39. The normalized spacial score (nSPS) is 17.5. The van der Waals surface area contributed by atoms with Crippen LogP contribution >= 0.6 is 0 Å². The average molecular weight is 360 g/mol. The molecule has 2 heterocycles. The van der Waals surface area contributed by atoms with Crippen LogP contribution in [0.1, 0.15) is 31.7 Å². The van der Waals surface area contributed by atoms with E-state index < -0.39 is 12.1 Å². The molecule has 1 saturated heterocycles. The van der Waals surface area contributed by atoms with Crippen molar-refractivity contribution >= 4 is 5.91 Å². The van der Waals surface area contributed by atoms with Crippen LogP contribution in [0, 0.1) is 5.92 Å². The molecular weight excluding hydrogens is 336 g/mol. The molecule has 1 aliphatic rings. The van der Waals surface area contributed by atoms with Gasteiger partial charge in [0.15, 0.2) is 0 Å². The summed E-state index contributed by atoms with van der Waals surface area (Å²) in [5.41, 5.74) is 6.87. The molecule has 0 spiro atoms. The Bertz CT molecular complexity index is 742. The summed E-state index contributed by atoms with van der Waals surface area (Å²) in [7, 11) is 1.60. The highest BCUT2D eigenvalue weighted by atomic mass is 16.5. The number of methoxy groups -OCH3 is 1. The zero-order valence-electron chi connectivity index (χ0n) is 15.0. The van der Waals surface area contributed by atoms with E-state index in [1.165, 1.54) is 0 Å². The van der Waals surface area contributed by atoms with Crippen molar-refractivity contribution in [1.82, 2.24) is 15.5 Å². The van der Waals surface area contributed by atoms with Crippen LogP contribution in [0.5, 0.6) is 5.75 Å². The van der Waals surface area contributed by atoms with Crippen LogP contribution in [0.4, 0.5) is 0 Å². The van der Waals surface area contributed by atoms with Crippen molar-refractivity contribution in [3.05, 3.63) is 30.2 Å². The van der Waals surface area contributed by atoms with E-state index in [-0.39, 0.29) is 11.8 Å². The van der Waals surface area contributed by atoms with Gasteiger partial charge in [0, 0.05) is 18.8 Å². The Hall–Kier alpha value is -2.45. The van der Waals surface area contributed by atoms with Gasteiger partial charge >= 0.3 is 0 Å². The summed E-state index contributed by atoms with van der Waals surface area (Å²) in [4.78, 5) is 16.8. The molecule has 0 saturated carbocycles. The van der Waals surface area contributed by atoms with Crippen LogP contribution in [0.15, 0.2) is 28.8 Å². The van der Waals surface area contributed by atoms with Crippen LogP contribution < -0.4 is 15.8 Å². The molecule has 0 aliphatic carbocycles. The predicted molar refractivity (Wildman–Crippen MR) is 94.4 cm³/mol. The van der Waals surface area contributed by atoms with E-state index in [0.29, 0.717) is 30.7 Å². The summed E-state index contributed by atoms with van der Waals surface area (Å²) in [6.07, 6.45) is 1.59. The zero-order chi connectivity index (χ0) is 18.5. The van der Waals surface area contributed by atoms with Gasteiger partial charge in [-0.1, -0.05) is 17.3 Å². The number of benzene rings is 1. The first-order valence-electron chi connectivity index (χ1n) is 8.70. The van der Waals surface area contributed by atoms with Gasteiger partial charge in [-0.2, -0.15) is 4.98 Å². The minimum Gasteiger partial charge on any atom is -0.497 e. The van der Waals surface area contributed by atoms with E-state index >= 15 is 0 Å². The van der Waals surface area contributed by atoms with Crippen molar-refractivity contribution in [3.63, 3.8) is 0 Å². The smallest absolute Gasteiger partial charge is 0.249 e. The summed E-state index contributed by atoms with van der Waals surface area (Å²) in [5, 5.41) is 6.84. The largest absolute Gasteiger partial charge is 0.497 e. The summed E-state index contributed by atoms with van der Waals surface area (Å²) in [6.45, 7) is 3.08. The molecule has 1 aliphatic heterocycles. The molecule has 2 aromatic rings. The van der Waals surface area contributed by atoms with Gasteiger partial charge in [-0.15, -0.1) is 0 Å². The minimum absolute atomic E-state index is 0.131. The van der Waals surface area contributed by atoms with E-state index in [0.717, 1.165) is 18.4 Å². The number of hydrogen-bond donors (Lipinski definition) is 2. The van der Waals surface area contributed by atoms with E-state index in [9.17, 15) is 4.79 Å². The number of aromatic nitrogens is 2. The molecule has 0 radical (unpaired) electrons. The third-order valence-electron chi connectivity index (χ3n) is 4.58. The lowest BCUT2D eigenvalue weighted by Crippen LogP contribution is -2.47. The number of amides is 1. The van der Waals surface area contributed by atoms with Crippen LogP contribution in [-0.4, -0.2) is 42.4 Å². The molecule has 8 heteroatoms. The lowest BCUT2D eigenvalue weighted by molar-refractivity contribution is -0.125. The topological polar surface area (TPSA) is 113 Å². The van der Waals surface area contributed by atoms with Gasteiger partial charge in [0.25, 0.3) is 0 Å². The highest BCUT2D eigenvalue weighted by Crippen LogP contribution is 2.23. The lowest BCUT2D eigenvalue weighted by Gasteiger charge is -2.27. The third kappa shape index (κ3) is 4.20. The van der Waals surface area contributed by atoms with E-state index in [1.54, 1.807) is 14.0 Å². The highest BCUT2D eigenvalue weighted by Gasteiger charge is 2.28. The van der Waals surface area contributed by atoms with Gasteiger partial charge in [-0.3, -0.25) is 4.79 Å². The molecule has 2 unspecified atom stereocenters. The molecule has 2 atom stereocenters. The average Bonchev–Trinajstić information content (AvgIpc) is 3.18. The fourth-order valence-electron chi connectivity index (χ4n) is 2.95. The maximum absolute atomic E-state index is 12.4. The Morgan fingerprint density at radius 2 is 2.15 bits per heavy atom. The van der Waals surface area contributed by atoms with Crippen molar-refractivity contribution in [3.8, 4) is 17.1 Å². The highest BCUT2D eigenvalue weighted by molar-refractivity contribution is 5.82. The van der Waals surface area contributed by atoms with Gasteiger partial charge in [-0.05, 0) is 37.8 Å². The second-order valence-electron chi connectivity index (χ2n) is 6.39. The van der Waals surface area contributed by atoms with Gasteiger partial charge < -0.3 is 25.0 Å². The SMILES string of the molecule is COc1cccc(-c2noc(C(C)NC(=O)C(N)C3CCOCC3)n2)c1. The molecule has 1 aromatic carbocycles. The van der Waals surface area contributed by atoms with Gasteiger partial charge in [-0.25, -0.2) is 0 Å². The maximum Gasteiger partial charge on any atom is 0.249 e. The van der Waals surface area contributed by atoms with Crippen molar-refractivity contribution in [2.75, 3.05) is 20.3 Å². The van der Waals surface area contributed by atoms with Crippen molar-refractivity contribution in [1.29, 1.82) is 0 Å². The minimum atomic E-state index is -0.567. The van der Waals surface area contributed by atoms with Crippen LogP contribution in [0.2, 0.25) is 0 Å². The fourth-order valence-corrected chi connectivity index (χ4v) is 2.95. The lowest BCUT2D eigenvalue weighted by atomic mass is 9.92. The van der Waals surface area contributed by atoms with Gasteiger partial charge in [0.1, 0.15) is 11.8 Å². The molecular formula is C18H24N4O4. The standard InChI is InChI=1S/C18H24N4O4/c1-11(20-17(23)15(19)12-6-8-25-9-7-12)18-21-16(22-26-18)13-4-3-5-14(10-13)24-2/h3-5,10-12,15H,6-9,19H2,1-2H3,(H,20,23). The summed E-state index contributed by atoms with van der Waals surface area (Å²) in [5.74, 6) is 1.39. The molecule has 1 amide bonds. The first-order valence-corrected chi connectivity index (χ1v) is 8.70. The summed E-state index contributed by atoms with van der Waals surface area (Å²) >= 11 is 0. The number of ether oxygens (including phenoxy) is 2. The summed E-state index contributed by atoms with van der Waals surface area (Å²) in [6, 6.07) is 6.37. The molecule has 8 nitrogen and oxygen atoms in total. The Morgan fingerprint density at radius 3 is 2.88 bits per heavy atom. The maximum atomic E-state index is 12.4. The number of nitrogens with one attached hydrogen (secondary N) is 1. The number of rotatable bonds is 6. The van der Waals surface area contributed by atoms with Crippen molar-refractivity contribution in [2.45, 2.75) is 31.8 Å². The Labute approximate surface area is 152 Å². The Morgan fingerprint density at radius 1 is 1.38 bits per heavy atom. The van der Waals surface area contributed by atoms with E-state index in [4.69, 9.17) is 19.7 Å². The van der Waals surface area contributed by atoms with Crippen LogP contribution in [-0.2, 0) is 9.53 Å². The van der Waals surface area contributed by atoms with E-state index in [2.05, 4.69) is 15.5 Å². The Balaban J connectivity index is 1.63. The molecule has 140 valence electrons. The molecule has 3 N–H and O–H groups in total. The number of nitrogens with two attached hydrogens (primary N) is 1.